The molecular weight excluding hydrogens is 332 g/mol. The molecular formula is C21H29ClN2O. The number of anilines is 1. The first-order chi connectivity index (χ1) is 12.0. The molecule has 1 amide bonds. The normalized spacial score (nSPS) is 16.3. The quantitative estimate of drug-likeness (QED) is 0.628. The number of hydrogen-bond acceptors (Lipinski definition) is 1. The molecule has 0 unspecified atom stereocenters. The molecule has 1 aromatic carbocycles. The van der Waals surface area contributed by atoms with Gasteiger partial charge in [-0.25, -0.2) is 0 Å². The van der Waals surface area contributed by atoms with Crippen LogP contribution in [-0.2, 0) is 11.3 Å². The molecule has 1 N–H and O–H groups in total. The summed E-state index contributed by atoms with van der Waals surface area (Å²) in [5.74, 6) is 1.18. The molecule has 3 nitrogen and oxygen atoms in total. The summed E-state index contributed by atoms with van der Waals surface area (Å²) >= 11 is 6.44. The van der Waals surface area contributed by atoms with E-state index in [0.29, 0.717) is 23.3 Å². The Morgan fingerprint density at radius 1 is 1.24 bits per heavy atom. The van der Waals surface area contributed by atoms with Gasteiger partial charge in [0.1, 0.15) is 0 Å². The Hall–Kier alpha value is -1.48. The lowest BCUT2D eigenvalue weighted by Crippen LogP contribution is -2.16. The smallest absolute Gasteiger partial charge is 0.224 e. The van der Waals surface area contributed by atoms with Crippen LogP contribution >= 0.6 is 11.6 Å². The predicted octanol–water partition coefficient (Wildman–Crippen LogP) is 6.25. The Bertz CT molecular complexity index is 727. The van der Waals surface area contributed by atoms with E-state index in [0.717, 1.165) is 23.1 Å². The SMILES string of the molecule is CC(C)Cn1cc(NC(=O)CC2CCCCCC2)c2c(Cl)cccc21. The number of carbonyl (C=O) groups excluding carboxylic acids is 1. The minimum atomic E-state index is 0.121. The van der Waals surface area contributed by atoms with E-state index >= 15 is 0 Å². The monoisotopic (exact) mass is 360 g/mol. The molecule has 4 heteroatoms. The Labute approximate surface area is 155 Å². The molecule has 1 aromatic heterocycles. The lowest BCUT2D eigenvalue weighted by Gasteiger charge is -2.13. The van der Waals surface area contributed by atoms with Crippen LogP contribution in [0.2, 0.25) is 5.02 Å². The number of fused-ring (bicyclic) bond motifs is 1. The van der Waals surface area contributed by atoms with E-state index in [4.69, 9.17) is 11.6 Å². The number of halogens is 1. The van der Waals surface area contributed by atoms with E-state index in [2.05, 4.69) is 29.8 Å². The zero-order valence-electron chi connectivity index (χ0n) is 15.4. The fourth-order valence-electron chi connectivity index (χ4n) is 3.98. The maximum Gasteiger partial charge on any atom is 0.224 e. The third-order valence-corrected chi connectivity index (χ3v) is 5.46. The molecule has 0 spiro atoms. The number of carbonyl (C=O) groups is 1. The molecule has 0 saturated heterocycles. The highest BCUT2D eigenvalue weighted by atomic mass is 35.5. The molecule has 1 aliphatic rings. The molecule has 3 rings (SSSR count). The average Bonchev–Trinajstić information content (AvgIpc) is 2.72. The van der Waals surface area contributed by atoms with Crippen molar-refractivity contribution in [2.45, 2.75) is 65.3 Å². The summed E-state index contributed by atoms with van der Waals surface area (Å²) in [6, 6.07) is 5.94. The molecule has 136 valence electrons. The van der Waals surface area contributed by atoms with Crippen molar-refractivity contribution >= 4 is 34.1 Å². The lowest BCUT2D eigenvalue weighted by atomic mass is 9.96. The van der Waals surface area contributed by atoms with Crippen LogP contribution in [0.4, 0.5) is 5.69 Å². The van der Waals surface area contributed by atoms with Gasteiger partial charge in [-0.2, -0.15) is 0 Å². The summed E-state index contributed by atoms with van der Waals surface area (Å²) in [4.78, 5) is 12.6. The zero-order chi connectivity index (χ0) is 17.8. The molecule has 1 saturated carbocycles. The van der Waals surface area contributed by atoms with Crippen molar-refractivity contribution in [2.75, 3.05) is 5.32 Å². The standard InChI is InChI=1S/C21H29ClN2O/c1-15(2)13-24-14-18(21-17(22)10-7-11-19(21)24)23-20(25)12-16-8-5-3-4-6-9-16/h7,10-11,14-16H,3-6,8-9,12-13H2,1-2H3,(H,23,25). The van der Waals surface area contributed by atoms with Gasteiger partial charge in [0.05, 0.1) is 16.2 Å². The van der Waals surface area contributed by atoms with Crippen molar-refractivity contribution in [3.8, 4) is 0 Å². The van der Waals surface area contributed by atoms with Gasteiger partial charge in [-0.05, 0) is 36.8 Å². The van der Waals surface area contributed by atoms with Gasteiger partial charge >= 0.3 is 0 Å². The Balaban J connectivity index is 1.79. The minimum Gasteiger partial charge on any atom is -0.345 e. The van der Waals surface area contributed by atoms with Crippen LogP contribution in [0.1, 0.15) is 58.8 Å². The van der Waals surface area contributed by atoms with E-state index in [9.17, 15) is 4.79 Å². The highest BCUT2D eigenvalue weighted by Gasteiger charge is 2.18. The van der Waals surface area contributed by atoms with Crippen LogP contribution in [0.25, 0.3) is 10.9 Å². The fraction of sp³-hybridized carbons (Fsp3) is 0.571. The minimum absolute atomic E-state index is 0.121. The number of rotatable bonds is 5. The second-order valence-electron chi connectivity index (χ2n) is 7.83. The van der Waals surface area contributed by atoms with E-state index in [1.807, 2.05) is 18.3 Å². The Morgan fingerprint density at radius 2 is 1.96 bits per heavy atom. The van der Waals surface area contributed by atoms with Gasteiger partial charge in [0.2, 0.25) is 5.91 Å². The number of nitrogens with one attached hydrogen (secondary N) is 1. The second-order valence-corrected chi connectivity index (χ2v) is 8.24. The topological polar surface area (TPSA) is 34.0 Å². The number of aromatic nitrogens is 1. The van der Waals surface area contributed by atoms with Crippen molar-refractivity contribution in [1.82, 2.24) is 4.57 Å². The molecule has 0 bridgehead atoms. The second kappa shape index (κ2) is 8.27. The van der Waals surface area contributed by atoms with Gasteiger partial charge in [-0.1, -0.05) is 57.2 Å². The Morgan fingerprint density at radius 3 is 2.64 bits per heavy atom. The van der Waals surface area contributed by atoms with E-state index in [1.165, 1.54) is 38.5 Å². The average molecular weight is 361 g/mol. The summed E-state index contributed by atoms with van der Waals surface area (Å²) in [6.45, 7) is 5.30. The molecule has 1 aliphatic carbocycles. The van der Waals surface area contributed by atoms with Crippen molar-refractivity contribution in [3.05, 3.63) is 29.4 Å². The molecule has 25 heavy (non-hydrogen) atoms. The van der Waals surface area contributed by atoms with Gasteiger partial charge < -0.3 is 9.88 Å². The van der Waals surface area contributed by atoms with Gasteiger partial charge in [-0.3, -0.25) is 4.79 Å². The molecule has 0 aliphatic heterocycles. The van der Waals surface area contributed by atoms with E-state index in [1.54, 1.807) is 0 Å². The first-order valence-electron chi connectivity index (χ1n) is 9.62. The predicted molar refractivity (Wildman–Crippen MR) is 106 cm³/mol. The third kappa shape index (κ3) is 4.58. The fourth-order valence-corrected chi connectivity index (χ4v) is 4.25. The molecule has 0 radical (unpaired) electrons. The summed E-state index contributed by atoms with van der Waals surface area (Å²) in [5, 5.41) is 4.80. The van der Waals surface area contributed by atoms with Crippen LogP contribution in [0.3, 0.4) is 0 Å². The first-order valence-corrected chi connectivity index (χ1v) is 9.99. The summed E-state index contributed by atoms with van der Waals surface area (Å²) in [6.07, 6.45) is 10.2. The van der Waals surface area contributed by atoms with E-state index in [-0.39, 0.29) is 5.91 Å². The van der Waals surface area contributed by atoms with Gasteiger partial charge in [0.25, 0.3) is 0 Å². The lowest BCUT2D eigenvalue weighted by molar-refractivity contribution is -0.117. The molecule has 1 fully saturated rings. The van der Waals surface area contributed by atoms with Gasteiger partial charge in [-0.15, -0.1) is 0 Å². The molecule has 1 heterocycles. The maximum absolute atomic E-state index is 12.6. The number of hydrogen-bond donors (Lipinski definition) is 1. The van der Waals surface area contributed by atoms with Crippen LogP contribution in [0.5, 0.6) is 0 Å². The Kier molecular flexibility index (Phi) is 6.06. The summed E-state index contributed by atoms with van der Waals surface area (Å²) in [5.41, 5.74) is 1.94. The highest BCUT2D eigenvalue weighted by molar-refractivity contribution is 6.36. The third-order valence-electron chi connectivity index (χ3n) is 5.14. The summed E-state index contributed by atoms with van der Waals surface area (Å²) in [7, 11) is 0. The van der Waals surface area contributed by atoms with Crippen LogP contribution in [-0.4, -0.2) is 10.5 Å². The van der Waals surface area contributed by atoms with E-state index < -0.39 is 0 Å². The van der Waals surface area contributed by atoms with Gasteiger partial charge in [0, 0.05) is 24.5 Å². The number of nitrogens with zero attached hydrogens (tertiary/aromatic N) is 1. The number of amides is 1. The largest absolute Gasteiger partial charge is 0.345 e. The van der Waals surface area contributed by atoms with Crippen LogP contribution < -0.4 is 5.32 Å². The summed E-state index contributed by atoms with van der Waals surface area (Å²) < 4.78 is 2.20. The van der Waals surface area contributed by atoms with Crippen molar-refractivity contribution in [2.24, 2.45) is 11.8 Å². The van der Waals surface area contributed by atoms with Crippen molar-refractivity contribution in [3.63, 3.8) is 0 Å². The zero-order valence-corrected chi connectivity index (χ0v) is 16.1. The van der Waals surface area contributed by atoms with Gasteiger partial charge in [0.15, 0.2) is 0 Å². The maximum atomic E-state index is 12.6. The highest BCUT2D eigenvalue weighted by Crippen LogP contribution is 2.33. The first kappa shape index (κ1) is 18.3. The van der Waals surface area contributed by atoms with Crippen molar-refractivity contribution in [1.29, 1.82) is 0 Å². The number of benzene rings is 1. The molecule has 0 atom stereocenters. The van der Waals surface area contributed by atoms with Crippen LogP contribution in [0, 0.1) is 11.8 Å². The van der Waals surface area contributed by atoms with Crippen molar-refractivity contribution < 1.29 is 4.79 Å². The van der Waals surface area contributed by atoms with Crippen LogP contribution in [0.15, 0.2) is 24.4 Å². The molecule has 2 aromatic rings.